The van der Waals surface area contributed by atoms with Crippen LogP contribution < -0.4 is 3.58 Å². The summed E-state index contributed by atoms with van der Waals surface area (Å²) >= 11 is -2.55. The van der Waals surface area contributed by atoms with Crippen molar-refractivity contribution in [1.29, 1.82) is 0 Å². The van der Waals surface area contributed by atoms with Crippen LogP contribution in [-0.2, 0) is 5.41 Å². The molecule has 2 aromatic rings. The summed E-state index contributed by atoms with van der Waals surface area (Å²) in [5, 5.41) is 0. The third kappa shape index (κ3) is 3.59. The molecule has 0 fully saturated rings. The summed E-state index contributed by atoms with van der Waals surface area (Å²) < 4.78 is 3.38. The summed E-state index contributed by atoms with van der Waals surface area (Å²) in [6.07, 6.45) is 0. The molecule has 0 saturated carbocycles. The second-order valence-corrected chi connectivity index (χ2v) is 22.9. The van der Waals surface area contributed by atoms with Crippen LogP contribution in [-0.4, -0.2) is 18.4 Å². The SMILES string of the molecule is CC(C)([CH2][Sn]([CH3])([c]1ccccc1)[C](C)(C)C)c1ccccc1. The van der Waals surface area contributed by atoms with E-state index in [1.807, 2.05) is 0 Å². The van der Waals surface area contributed by atoms with Gasteiger partial charge < -0.3 is 0 Å². The molecule has 22 heavy (non-hydrogen) atoms. The molecular formula is C21H30Sn. The molecule has 2 aromatic carbocycles. The van der Waals surface area contributed by atoms with E-state index in [0.29, 0.717) is 3.43 Å². The molecule has 1 unspecified atom stereocenters. The zero-order valence-electron chi connectivity index (χ0n) is 15.0. The van der Waals surface area contributed by atoms with Crippen LogP contribution >= 0.6 is 0 Å². The second kappa shape index (κ2) is 6.39. The van der Waals surface area contributed by atoms with Crippen LogP contribution in [0.25, 0.3) is 0 Å². The minimum absolute atomic E-state index is 0.231. The van der Waals surface area contributed by atoms with E-state index >= 15 is 0 Å². The molecule has 0 saturated heterocycles. The van der Waals surface area contributed by atoms with E-state index in [1.54, 1.807) is 3.58 Å². The van der Waals surface area contributed by atoms with Gasteiger partial charge in [-0.2, -0.15) is 0 Å². The number of rotatable bonds is 4. The van der Waals surface area contributed by atoms with Crippen LogP contribution in [0, 0.1) is 0 Å². The third-order valence-corrected chi connectivity index (χ3v) is 24.0. The molecule has 0 amide bonds. The minimum atomic E-state index is -2.55. The van der Waals surface area contributed by atoms with Gasteiger partial charge >= 0.3 is 141 Å². The first-order chi connectivity index (χ1) is 10.2. The topological polar surface area (TPSA) is 0 Å². The number of hydrogen-bond donors (Lipinski definition) is 0. The summed E-state index contributed by atoms with van der Waals surface area (Å²) in [5.74, 6) is 0. The molecule has 0 aliphatic rings. The van der Waals surface area contributed by atoms with Crippen molar-refractivity contribution >= 4 is 22.0 Å². The van der Waals surface area contributed by atoms with Crippen molar-refractivity contribution in [3.63, 3.8) is 0 Å². The van der Waals surface area contributed by atoms with Gasteiger partial charge in [0.1, 0.15) is 0 Å². The third-order valence-electron chi connectivity index (χ3n) is 5.42. The molecule has 1 atom stereocenters. The summed E-state index contributed by atoms with van der Waals surface area (Å²) in [6.45, 7) is 12.2. The summed E-state index contributed by atoms with van der Waals surface area (Å²) in [4.78, 5) is 2.63. The van der Waals surface area contributed by atoms with E-state index in [4.69, 9.17) is 0 Å². The van der Waals surface area contributed by atoms with Gasteiger partial charge in [-0.1, -0.05) is 0 Å². The van der Waals surface area contributed by atoms with Gasteiger partial charge in [0.25, 0.3) is 0 Å². The molecule has 1 heteroatoms. The van der Waals surface area contributed by atoms with Crippen LogP contribution in [0.3, 0.4) is 0 Å². The Hall–Kier alpha value is -0.761. The van der Waals surface area contributed by atoms with E-state index in [2.05, 4.69) is 100 Å². The normalized spacial score (nSPS) is 15.4. The quantitative estimate of drug-likeness (QED) is 0.573. The Labute approximate surface area is 140 Å². The Morgan fingerprint density at radius 2 is 1.18 bits per heavy atom. The summed E-state index contributed by atoms with van der Waals surface area (Å²) in [5.41, 5.74) is 1.70. The van der Waals surface area contributed by atoms with Gasteiger partial charge in [-0.25, -0.2) is 0 Å². The second-order valence-electron chi connectivity index (χ2n) is 8.37. The molecule has 0 heterocycles. The van der Waals surface area contributed by atoms with E-state index < -0.39 is 18.4 Å². The monoisotopic (exact) mass is 402 g/mol. The van der Waals surface area contributed by atoms with Crippen LogP contribution in [0.2, 0.25) is 12.8 Å². The van der Waals surface area contributed by atoms with Crippen molar-refractivity contribution in [1.82, 2.24) is 0 Å². The molecule has 0 aromatic heterocycles. The Balaban J connectivity index is 2.45. The Morgan fingerprint density at radius 3 is 1.64 bits per heavy atom. The van der Waals surface area contributed by atoms with Crippen molar-refractivity contribution < 1.29 is 0 Å². The van der Waals surface area contributed by atoms with Gasteiger partial charge in [-0.3, -0.25) is 0 Å². The molecule has 2 rings (SSSR count). The molecule has 0 aliphatic heterocycles. The maximum atomic E-state index is 2.63. The molecule has 118 valence electrons. The first kappa shape index (κ1) is 17.6. The fraction of sp³-hybridized carbons (Fsp3) is 0.429. The molecule has 0 bridgehead atoms. The summed E-state index contributed by atoms with van der Waals surface area (Å²) in [7, 11) is 0. The average molecular weight is 401 g/mol. The summed E-state index contributed by atoms with van der Waals surface area (Å²) in [6, 6.07) is 22.4. The fourth-order valence-electron chi connectivity index (χ4n) is 3.48. The zero-order chi connectivity index (χ0) is 16.4. The fourth-order valence-corrected chi connectivity index (χ4v) is 16.3. The van der Waals surface area contributed by atoms with Crippen molar-refractivity contribution in [3.8, 4) is 0 Å². The number of hydrogen-bond acceptors (Lipinski definition) is 0. The van der Waals surface area contributed by atoms with Gasteiger partial charge in [0.15, 0.2) is 0 Å². The van der Waals surface area contributed by atoms with Gasteiger partial charge in [0, 0.05) is 0 Å². The van der Waals surface area contributed by atoms with E-state index in [-0.39, 0.29) is 5.41 Å². The van der Waals surface area contributed by atoms with Crippen LogP contribution in [0.1, 0.15) is 40.2 Å². The van der Waals surface area contributed by atoms with E-state index in [9.17, 15) is 0 Å². The van der Waals surface area contributed by atoms with E-state index in [0.717, 1.165) is 0 Å². The molecule has 0 spiro atoms. The average Bonchev–Trinajstić information content (AvgIpc) is 2.47. The first-order valence-electron chi connectivity index (χ1n) is 8.28. The standard InChI is InChI=1S/C10H13.C6H5.C4H9.CH3.Sn/c1-10(2,3)9-7-5-4-6-8-9;1-2-4-6-5-3-1;1-4(2)3;;/h4-8H,1H2,2-3H3;1-5H;1-3H3;1H3;. The van der Waals surface area contributed by atoms with Crippen molar-refractivity contribution in [2.75, 3.05) is 0 Å². The molecular weight excluding hydrogens is 371 g/mol. The van der Waals surface area contributed by atoms with E-state index in [1.165, 1.54) is 10.0 Å². The predicted molar refractivity (Wildman–Crippen MR) is 102 cm³/mol. The van der Waals surface area contributed by atoms with Crippen molar-refractivity contribution in [3.05, 3.63) is 66.2 Å². The molecule has 0 aliphatic carbocycles. The van der Waals surface area contributed by atoms with Gasteiger partial charge in [0.05, 0.1) is 0 Å². The Bertz CT molecular complexity index is 593. The maximum absolute atomic E-state index is 2.63. The first-order valence-corrected chi connectivity index (χ1v) is 16.0. The molecule has 0 N–H and O–H groups in total. The van der Waals surface area contributed by atoms with Gasteiger partial charge in [0.2, 0.25) is 0 Å². The Kier molecular flexibility index (Phi) is 5.11. The zero-order valence-corrected chi connectivity index (χ0v) is 17.8. The van der Waals surface area contributed by atoms with Crippen molar-refractivity contribution in [2.45, 2.75) is 52.8 Å². The van der Waals surface area contributed by atoms with Crippen LogP contribution in [0.15, 0.2) is 60.7 Å². The number of benzene rings is 2. The van der Waals surface area contributed by atoms with Crippen molar-refractivity contribution in [2.24, 2.45) is 0 Å². The predicted octanol–water partition coefficient (Wildman–Crippen LogP) is 5.75. The van der Waals surface area contributed by atoms with Crippen LogP contribution in [0.5, 0.6) is 0 Å². The van der Waals surface area contributed by atoms with Gasteiger partial charge in [-0.15, -0.1) is 0 Å². The molecule has 0 nitrogen and oxygen atoms in total. The molecule has 0 radical (unpaired) electrons. The van der Waals surface area contributed by atoms with Crippen LogP contribution in [0.4, 0.5) is 0 Å². The Morgan fingerprint density at radius 1 is 0.727 bits per heavy atom. The van der Waals surface area contributed by atoms with Gasteiger partial charge in [-0.05, 0) is 0 Å².